The third kappa shape index (κ3) is 6.16. The molecule has 2 rings (SSSR count). The zero-order valence-corrected chi connectivity index (χ0v) is 13.8. The van der Waals surface area contributed by atoms with Crippen molar-refractivity contribution >= 4 is 12.0 Å². The molecule has 2 aromatic rings. The molecule has 0 fully saturated rings. The summed E-state index contributed by atoms with van der Waals surface area (Å²) in [5.41, 5.74) is 2.09. The first-order valence-electron chi connectivity index (χ1n) is 8.03. The van der Waals surface area contributed by atoms with Gasteiger partial charge in [0.2, 0.25) is 0 Å². The van der Waals surface area contributed by atoms with Crippen molar-refractivity contribution in [2.24, 2.45) is 0 Å². The van der Waals surface area contributed by atoms with Crippen molar-refractivity contribution < 1.29 is 19.4 Å². The normalized spacial score (nSPS) is 10.7. The van der Waals surface area contributed by atoms with Crippen LogP contribution in [0.25, 0.3) is 6.08 Å². The lowest BCUT2D eigenvalue weighted by atomic mass is 10.1. The number of carboxylic acids is 1. The maximum Gasteiger partial charge on any atom is 0.328 e. The summed E-state index contributed by atoms with van der Waals surface area (Å²) in [6, 6.07) is 15.4. The number of hydrogen-bond donors (Lipinski definition) is 1. The number of rotatable bonds is 9. The van der Waals surface area contributed by atoms with Crippen LogP contribution >= 0.6 is 0 Å². The molecule has 4 nitrogen and oxygen atoms in total. The van der Waals surface area contributed by atoms with E-state index in [4.69, 9.17) is 14.6 Å². The zero-order valence-electron chi connectivity index (χ0n) is 13.8. The van der Waals surface area contributed by atoms with Gasteiger partial charge in [0.15, 0.2) is 0 Å². The summed E-state index contributed by atoms with van der Waals surface area (Å²) >= 11 is 0. The number of ether oxygens (including phenoxy) is 2. The molecule has 0 saturated carbocycles. The highest BCUT2D eigenvalue weighted by Crippen LogP contribution is 2.16. The summed E-state index contributed by atoms with van der Waals surface area (Å²) in [4.78, 5) is 10.5. The highest BCUT2D eigenvalue weighted by molar-refractivity contribution is 5.85. The quantitative estimate of drug-likeness (QED) is 0.554. The fourth-order valence-electron chi connectivity index (χ4n) is 2.24. The van der Waals surface area contributed by atoms with Crippen LogP contribution in [0.2, 0.25) is 0 Å². The minimum atomic E-state index is -0.973. The van der Waals surface area contributed by atoms with E-state index in [0.29, 0.717) is 19.0 Å². The first kappa shape index (κ1) is 17.6. The Morgan fingerprint density at radius 1 is 1.04 bits per heavy atom. The van der Waals surface area contributed by atoms with E-state index in [1.807, 2.05) is 30.3 Å². The predicted molar refractivity (Wildman–Crippen MR) is 94.5 cm³/mol. The van der Waals surface area contributed by atoms with E-state index in [1.165, 1.54) is 11.6 Å². The third-order valence-corrected chi connectivity index (χ3v) is 3.36. The van der Waals surface area contributed by atoms with Crippen molar-refractivity contribution in [1.29, 1.82) is 0 Å². The maximum absolute atomic E-state index is 10.5. The molecule has 24 heavy (non-hydrogen) atoms. The molecule has 0 aromatic heterocycles. The molecule has 4 heteroatoms. The topological polar surface area (TPSA) is 55.8 Å². The van der Waals surface area contributed by atoms with Crippen LogP contribution in [-0.4, -0.2) is 24.3 Å². The van der Waals surface area contributed by atoms with Gasteiger partial charge in [-0.3, -0.25) is 0 Å². The van der Waals surface area contributed by atoms with Crippen LogP contribution in [0.3, 0.4) is 0 Å². The van der Waals surface area contributed by atoms with Crippen molar-refractivity contribution in [2.45, 2.75) is 19.8 Å². The van der Waals surface area contributed by atoms with Crippen molar-refractivity contribution in [3.05, 3.63) is 65.7 Å². The maximum atomic E-state index is 10.5. The van der Waals surface area contributed by atoms with E-state index in [9.17, 15) is 4.79 Å². The van der Waals surface area contributed by atoms with Crippen LogP contribution < -0.4 is 9.47 Å². The van der Waals surface area contributed by atoms with Gasteiger partial charge in [-0.25, -0.2) is 4.79 Å². The molecule has 1 N–H and O–H groups in total. The standard InChI is InChI=1S/C20H22O4/c1-2-4-16-7-10-18(11-8-16)23-13-14-24-19-6-3-5-17(15-19)9-12-20(21)22/h3,5-12,15H,2,4,13-14H2,1H3,(H,21,22). The number of benzene rings is 2. The summed E-state index contributed by atoms with van der Waals surface area (Å²) in [7, 11) is 0. The lowest BCUT2D eigenvalue weighted by Gasteiger charge is -2.09. The summed E-state index contributed by atoms with van der Waals surface area (Å²) in [6.07, 6.45) is 4.85. The highest BCUT2D eigenvalue weighted by atomic mass is 16.5. The predicted octanol–water partition coefficient (Wildman–Crippen LogP) is 4.19. The van der Waals surface area contributed by atoms with Gasteiger partial charge >= 0.3 is 5.97 Å². The van der Waals surface area contributed by atoms with E-state index < -0.39 is 5.97 Å². The fraction of sp³-hybridized carbons (Fsp3) is 0.250. The van der Waals surface area contributed by atoms with E-state index in [2.05, 4.69) is 19.1 Å². The van der Waals surface area contributed by atoms with Gasteiger partial charge in [0.05, 0.1) is 0 Å². The van der Waals surface area contributed by atoms with Crippen LogP contribution in [0.1, 0.15) is 24.5 Å². The van der Waals surface area contributed by atoms with E-state index in [-0.39, 0.29) is 0 Å². The second-order valence-corrected chi connectivity index (χ2v) is 5.33. The first-order chi connectivity index (χ1) is 11.7. The Balaban J connectivity index is 1.77. The number of hydrogen-bond acceptors (Lipinski definition) is 3. The molecule has 0 radical (unpaired) electrons. The number of carbonyl (C=O) groups is 1. The molecule has 0 heterocycles. The lowest BCUT2D eigenvalue weighted by molar-refractivity contribution is -0.131. The molecule has 0 spiro atoms. The number of aryl methyl sites for hydroxylation is 1. The van der Waals surface area contributed by atoms with Crippen LogP contribution in [0.4, 0.5) is 0 Å². The fourth-order valence-corrected chi connectivity index (χ4v) is 2.24. The molecule has 126 valence electrons. The SMILES string of the molecule is CCCc1ccc(OCCOc2cccc(C=CC(=O)O)c2)cc1. The zero-order chi connectivity index (χ0) is 17.2. The Morgan fingerprint density at radius 2 is 1.75 bits per heavy atom. The average molecular weight is 326 g/mol. The van der Waals surface area contributed by atoms with Gasteiger partial charge in [0.1, 0.15) is 24.7 Å². The molecule has 0 saturated heterocycles. The molecule has 0 amide bonds. The second kappa shape index (κ2) is 9.40. The lowest BCUT2D eigenvalue weighted by Crippen LogP contribution is -2.09. The first-order valence-corrected chi connectivity index (χ1v) is 8.03. The van der Waals surface area contributed by atoms with Gasteiger partial charge < -0.3 is 14.6 Å². The van der Waals surface area contributed by atoms with Crippen molar-refractivity contribution in [1.82, 2.24) is 0 Å². The summed E-state index contributed by atoms with van der Waals surface area (Å²) in [5.74, 6) is 0.542. The molecule has 0 aliphatic heterocycles. The van der Waals surface area contributed by atoms with Crippen LogP contribution in [0.15, 0.2) is 54.6 Å². The Labute approximate surface area is 142 Å². The van der Waals surface area contributed by atoms with Gasteiger partial charge in [0.25, 0.3) is 0 Å². The highest BCUT2D eigenvalue weighted by Gasteiger charge is 1.98. The van der Waals surface area contributed by atoms with Crippen LogP contribution in [-0.2, 0) is 11.2 Å². The van der Waals surface area contributed by atoms with Gasteiger partial charge in [-0.05, 0) is 47.9 Å². The Morgan fingerprint density at radius 3 is 2.42 bits per heavy atom. The summed E-state index contributed by atoms with van der Waals surface area (Å²) < 4.78 is 11.3. The summed E-state index contributed by atoms with van der Waals surface area (Å²) in [5, 5.41) is 8.64. The molecule has 0 aliphatic rings. The Hall–Kier alpha value is -2.75. The molecular formula is C20H22O4. The average Bonchev–Trinajstić information content (AvgIpc) is 2.59. The summed E-state index contributed by atoms with van der Waals surface area (Å²) in [6.45, 7) is 3.03. The van der Waals surface area contributed by atoms with Crippen molar-refractivity contribution in [3.8, 4) is 11.5 Å². The smallest absolute Gasteiger partial charge is 0.328 e. The van der Waals surface area contributed by atoms with E-state index >= 15 is 0 Å². The molecular weight excluding hydrogens is 304 g/mol. The molecule has 0 atom stereocenters. The van der Waals surface area contributed by atoms with Gasteiger partial charge in [-0.2, -0.15) is 0 Å². The largest absolute Gasteiger partial charge is 0.490 e. The molecule has 0 bridgehead atoms. The molecule has 2 aromatic carbocycles. The minimum absolute atomic E-state index is 0.419. The van der Waals surface area contributed by atoms with Gasteiger partial charge in [0, 0.05) is 6.08 Å². The second-order valence-electron chi connectivity index (χ2n) is 5.33. The third-order valence-electron chi connectivity index (χ3n) is 3.36. The van der Waals surface area contributed by atoms with Crippen molar-refractivity contribution in [3.63, 3.8) is 0 Å². The van der Waals surface area contributed by atoms with Gasteiger partial charge in [-0.1, -0.05) is 37.6 Å². The van der Waals surface area contributed by atoms with E-state index in [0.717, 1.165) is 30.2 Å². The molecule has 0 unspecified atom stereocenters. The van der Waals surface area contributed by atoms with Crippen molar-refractivity contribution in [2.75, 3.05) is 13.2 Å². The number of aliphatic carboxylic acids is 1. The monoisotopic (exact) mass is 326 g/mol. The van der Waals surface area contributed by atoms with Gasteiger partial charge in [-0.15, -0.1) is 0 Å². The Bertz CT molecular complexity index is 674. The van der Waals surface area contributed by atoms with E-state index in [1.54, 1.807) is 6.07 Å². The Kier molecular flexibility index (Phi) is 6.90. The number of carboxylic acid groups (broad SMARTS) is 1. The van der Waals surface area contributed by atoms with Crippen LogP contribution in [0.5, 0.6) is 11.5 Å². The molecule has 0 aliphatic carbocycles. The minimum Gasteiger partial charge on any atom is -0.490 e. The van der Waals surface area contributed by atoms with Crippen LogP contribution in [0, 0.1) is 0 Å².